The monoisotopic (exact) mass is 290 g/mol. The van der Waals surface area contributed by atoms with Crippen molar-refractivity contribution in [3.8, 4) is 0 Å². The molecule has 1 saturated heterocycles. The first kappa shape index (κ1) is 14.1. The summed E-state index contributed by atoms with van der Waals surface area (Å²) in [5, 5.41) is 0. The summed E-state index contributed by atoms with van der Waals surface area (Å²) in [4.78, 5) is 15.6. The molecule has 0 aliphatic carbocycles. The highest BCUT2D eigenvalue weighted by atomic mass is 16.5. The van der Waals surface area contributed by atoms with Crippen LogP contribution in [0.4, 0.5) is 11.8 Å². The number of anilines is 2. The van der Waals surface area contributed by atoms with E-state index in [0.29, 0.717) is 42.5 Å². The lowest BCUT2D eigenvalue weighted by atomic mass is 10.1. The largest absolute Gasteiger partial charge is 0.382 e. The molecule has 3 rings (SSSR count). The van der Waals surface area contributed by atoms with Gasteiger partial charge in [0.1, 0.15) is 5.52 Å². The van der Waals surface area contributed by atoms with E-state index >= 15 is 0 Å². The number of nitrogens with two attached hydrogens (primary N) is 1. The Kier molecular flexibility index (Phi) is 3.67. The Labute approximate surface area is 124 Å². The van der Waals surface area contributed by atoms with Gasteiger partial charge >= 0.3 is 0 Å². The Morgan fingerprint density at radius 2 is 1.90 bits per heavy atom. The number of morpholine rings is 1. The van der Waals surface area contributed by atoms with Gasteiger partial charge in [0.15, 0.2) is 11.5 Å². The van der Waals surface area contributed by atoms with Crippen molar-refractivity contribution in [1.82, 2.24) is 19.5 Å². The summed E-state index contributed by atoms with van der Waals surface area (Å²) in [6.45, 7) is 9.51. The van der Waals surface area contributed by atoms with Crippen molar-refractivity contribution in [1.29, 1.82) is 0 Å². The smallest absolute Gasteiger partial charge is 0.229 e. The highest BCUT2D eigenvalue weighted by Crippen LogP contribution is 2.26. The third kappa shape index (κ3) is 2.53. The number of nitrogen functional groups attached to an aromatic ring is 1. The number of ether oxygens (including phenoxy) is 1. The van der Waals surface area contributed by atoms with Crippen LogP contribution in [0, 0.1) is 5.92 Å². The molecule has 1 fully saturated rings. The molecule has 0 unspecified atom stereocenters. The minimum absolute atomic E-state index is 0.307. The fraction of sp³-hybridized carbons (Fsp3) is 0.643. The van der Waals surface area contributed by atoms with Crippen molar-refractivity contribution in [2.75, 3.05) is 36.9 Å². The Bertz CT molecular complexity index is 632. The van der Waals surface area contributed by atoms with Crippen LogP contribution >= 0.6 is 0 Å². The molecule has 0 amide bonds. The van der Waals surface area contributed by atoms with Gasteiger partial charge in [0.05, 0.1) is 19.5 Å². The molecule has 7 nitrogen and oxygen atoms in total. The molecule has 21 heavy (non-hydrogen) atoms. The maximum atomic E-state index is 6.07. The number of hydrogen-bond donors (Lipinski definition) is 1. The van der Waals surface area contributed by atoms with E-state index in [9.17, 15) is 0 Å². The molecule has 3 heterocycles. The highest BCUT2D eigenvalue weighted by Gasteiger charge is 2.20. The maximum Gasteiger partial charge on any atom is 0.229 e. The zero-order valence-electron chi connectivity index (χ0n) is 12.8. The molecule has 1 atom stereocenters. The first-order chi connectivity index (χ1) is 10.1. The summed E-state index contributed by atoms with van der Waals surface area (Å²) in [6, 6.07) is 0.307. The first-order valence-electron chi connectivity index (χ1n) is 7.40. The van der Waals surface area contributed by atoms with E-state index in [4.69, 9.17) is 15.5 Å². The van der Waals surface area contributed by atoms with E-state index in [1.54, 1.807) is 0 Å². The third-order valence-corrected chi connectivity index (χ3v) is 4.13. The Morgan fingerprint density at radius 3 is 2.57 bits per heavy atom. The van der Waals surface area contributed by atoms with Crippen LogP contribution in [0.2, 0.25) is 0 Å². The Balaban J connectivity index is 2.05. The zero-order chi connectivity index (χ0) is 15.0. The fourth-order valence-electron chi connectivity index (χ4n) is 2.45. The molecule has 0 bridgehead atoms. The Hall–Kier alpha value is -1.89. The molecule has 2 N–H and O–H groups in total. The maximum absolute atomic E-state index is 6.07. The Morgan fingerprint density at radius 1 is 1.19 bits per heavy atom. The van der Waals surface area contributed by atoms with Crippen molar-refractivity contribution >= 4 is 22.9 Å². The average molecular weight is 290 g/mol. The highest BCUT2D eigenvalue weighted by molar-refractivity contribution is 5.83. The quantitative estimate of drug-likeness (QED) is 0.921. The lowest BCUT2D eigenvalue weighted by molar-refractivity contribution is 0.122. The van der Waals surface area contributed by atoms with Gasteiger partial charge in [-0.25, -0.2) is 4.98 Å². The summed E-state index contributed by atoms with van der Waals surface area (Å²) >= 11 is 0. The van der Waals surface area contributed by atoms with Crippen LogP contribution in [-0.4, -0.2) is 45.8 Å². The third-order valence-electron chi connectivity index (χ3n) is 4.13. The van der Waals surface area contributed by atoms with E-state index in [2.05, 4.69) is 40.2 Å². The number of aromatic nitrogens is 4. The molecule has 1 aliphatic rings. The summed E-state index contributed by atoms with van der Waals surface area (Å²) < 4.78 is 7.46. The second kappa shape index (κ2) is 5.48. The number of hydrogen-bond acceptors (Lipinski definition) is 6. The summed E-state index contributed by atoms with van der Waals surface area (Å²) in [7, 11) is 0. The predicted molar refractivity (Wildman–Crippen MR) is 82.3 cm³/mol. The van der Waals surface area contributed by atoms with Crippen LogP contribution in [0.3, 0.4) is 0 Å². The van der Waals surface area contributed by atoms with Crippen LogP contribution in [-0.2, 0) is 4.74 Å². The first-order valence-corrected chi connectivity index (χ1v) is 7.40. The molecule has 0 radical (unpaired) electrons. The average Bonchev–Trinajstić information content (AvgIpc) is 2.91. The normalized spacial score (nSPS) is 17.6. The molecule has 0 saturated carbocycles. The van der Waals surface area contributed by atoms with Gasteiger partial charge in [-0.05, 0) is 12.8 Å². The number of fused-ring (bicyclic) bond motifs is 1. The minimum atomic E-state index is 0.307. The van der Waals surface area contributed by atoms with Crippen LogP contribution < -0.4 is 10.6 Å². The van der Waals surface area contributed by atoms with E-state index in [1.807, 2.05) is 6.33 Å². The zero-order valence-corrected chi connectivity index (χ0v) is 12.8. The van der Waals surface area contributed by atoms with E-state index in [0.717, 1.165) is 18.7 Å². The van der Waals surface area contributed by atoms with Crippen LogP contribution in [0.1, 0.15) is 26.8 Å². The summed E-state index contributed by atoms with van der Waals surface area (Å²) in [5.41, 5.74) is 7.56. The van der Waals surface area contributed by atoms with Gasteiger partial charge in [-0.3, -0.25) is 0 Å². The van der Waals surface area contributed by atoms with Crippen LogP contribution in [0.15, 0.2) is 6.33 Å². The summed E-state index contributed by atoms with van der Waals surface area (Å²) in [5.74, 6) is 1.60. The summed E-state index contributed by atoms with van der Waals surface area (Å²) in [6.07, 6.45) is 1.81. The van der Waals surface area contributed by atoms with Gasteiger partial charge in [0.25, 0.3) is 0 Å². The molecule has 0 aromatic carbocycles. The van der Waals surface area contributed by atoms with E-state index in [1.165, 1.54) is 0 Å². The van der Waals surface area contributed by atoms with Crippen LogP contribution in [0.25, 0.3) is 11.2 Å². The minimum Gasteiger partial charge on any atom is -0.382 e. The van der Waals surface area contributed by atoms with Crippen molar-refractivity contribution in [2.24, 2.45) is 5.92 Å². The van der Waals surface area contributed by atoms with Crippen molar-refractivity contribution in [3.63, 3.8) is 0 Å². The number of imidazole rings is 1. The van der Waals surface area contributed by atoms with Crippen molar-refractivity contribution in [3.05, 3.63) is 6.33 Å². The van der Waals surface area contributed by atoms with Gasteiger partial charge < -0.3 is 19.9 Å². The van der Waals surface area contributed by atoms with Crippen molar-refractivity contribution < 1.29 is 4.74 Å². The topological polar surface area (TPSA) is 82.1 Å². The van der Waals surface area contributed by atoms with E-state index < -0.39 is 0 Å². The second-order valence-electron chi connectivity index (χ2n) is 5.82. The fourth-order valence-corrected chi connectivity index (χ4v) is 2.45. The molecule has 2 aromatic heterocycles. The second-order valence-corrected chi connectivity index (χ2v) is 5.82. The van der Waals surface area contributed by atoms with E-state index in [-0.39, 0.29) is 0 Å². The van der Waals surface area contributed by atoms with Crippen LogP contribution in [0.5, 0.6) is 0 Å². The standard InChI is InChI=1S/C14H22N6O/c1-9(2)10(3)20-8-16-11-12(15)17-14(18-13(11)20)19-4-6-21-7-5-19/h8-10H,4-7H2,1-3H3,(H2,15,17,18)/t10-/m1/s1. The van der Waals surface area contributed by atoms with Gasteiger partial charge in [-0.2, -0.15) is 9.97 Å². The molecule has 2 aromatic rings. The molecular weight excluding hydrogens is 268 g/mol. The lowest BCUT2D eigenvalue weighted by Crippen LogP contribution is -2.37. The van der Waals surface area contributed by atoms with Gasteiger partial charge in [-0.1, -0.05) is 13.8 Å². The lowest BCUT2D eigenvalue weighted by Gasteiger charge is -2.27. The number of nitrogens with zero attached hydrogens (tertiary/aromatic N) is 5. The molecule has 0 spiro atoms. The molecular formula is C14H22N6O. The molecule has 1 aliphatic heterocycles. The van der Waals surface area contributed by atoms with Gasteiger partial charge in [-0.15, -0.1) is 0 Å². The molecule has 114 valence electrons. The molecule has 7 heteroatoms. The SMILES string of the molecule is CC(C)[C@@H](C)n1cnc2c(N)nc(N3CCOCC3)nc21. The predicted octanol–water partition coefficient (Wildman–Crippen LogP) is 1.46. The van der Waals surface area contributed by atoms with Gasteiger partial charge in [0, 0.05) is 19.1 Å². The van der Waals surface area contributed by atoms with Gasteiger partial charge in [0.2, 0.25) is 5.95 Å². The van der Waals surface area contributed by atoms with Crippen molar-refractivity contribution in [2.45, 2.75) is 26.8 Å². The number of rotatable bonds is 3.